The van der Waals surface area contributed by atoms with Crippen molar-refractivity contribution in [3.63, 3.8) is 0 Å². The number of aliphatic imine (C=N–C) groups is 1. The number of fused-ring (bicyclic) bond motifs is 6. The van der Waals surface area contributed by atoms with E-state index in [0.29, 0.717) is 25.8 Å². The van der Waals surface area contributed by atoms with Gasteiger partial charge in [0.15, 0.2) is 11.7 Å². The third-order valence-corrected chi connectivity index (χ3v) is 17.3. The van der Waals surface area contributed by atoms with Gasteiger partial charge in [0.2, 0.25) is 41.1 Å². The van der Waals surface area contributed by atoms with Gasteiger partial charge in [0.05, 0.1) is 25.0 Å². The molecule has 5 atom stereocenters. The van der Waals surface area contributed by atoms with Crippen LogP contribution < -0.4 is 54.2 Å². The van der Waals surface area contributed by atoms with E-state index in [4.69, 9.17) is 17.2 Å². The van der Waals surface area contributed by atoms with Crippen LogP contribution in [-0.2, 0) is 49.2 Å². The van der Waals surface area contributed by atoms with Gasteiger partial charge in [-0.15, -0.1) is 0 Å². The van der Waals surface area contributed by atoms with Crippen molar-refractivity contribution >= 4 is 92.0 Å². The molecule has 3 aliphatic heterocycles. The molecule has 4 aromatic carbocycles. The Morgan fingerprint density at radius 3 is 2.05 bits per heavy atom. The molecule has 0 aromatic heterocycles. The van der Waals surface area contributed by atoms with Crippen molar-refractivity contribution in [1.29, 1.82) is 0 Å². The fraction of sp³-hybridized carbons (Fsp3) is 0.449. The molecule has 93 heavy (non-hydrogen) atoms. The van der Waals surface area contributed by atoms with Crippen LogP contribution in [0, 0.1) is 0 Å². The molecule has 1 fully saturated rings. The van der Waals surface area contributed by atoms with Gasteiger partial charge in [-0.05, 0) is 117 Å². The summed E-state index contributed by atoms with van der Waals surface area (Å²) in [7, 11) is 0. The molecule has 15 N–H and O–H groups in total. The molecule has 0 bridgehead atoms. The third kappa shape index (κ3) is 18.1. The number of hydrogen-bond donors (Lipinski definition) is 12. The minimum atomic E-state index is -1.85. The summed E-state index contributed by atoms with van der Waals surface area (Å²) in [4.78, 5) is 113. The van der Waals surface area contributed by atoms with Gasteiger partial charge in [0.1, 0.15) is 36.8 Å². The molecule has 0 spiro atoms. The number of anilines is 1. The number of aliphatic hydroxyl groups is 1. The number of carboxylic acids is 2. The summed E-state index contributed by atoms with van der Waals surface area (Å²) < 4.78 is 2.49. The zero-order chi connectivity index (χ0) is 67.4. The molecular weight excluding hydrogens is 1190 g/mol. The number of hydrazine groups is 1. The topological polar surface area (TPSA) is 369 Å². The number of aliphatic carboxylic acids is 2. The molecular formula is C69H92N13O11+. The van der Waals surface area contributed by atoms with Crippen LogP contribution in [0.1, 0.15) is 123 Å². The first-order valence-corrected chi connectivity index (χ1v) is 32.1. The molecule has 6 amide bonds. The molecule has 0 aliphatic carbocycles. The zero-order valence-corrected chi connectivity index (χ0v) is 53.9. The van der Waals surface area contributed by atoms with E-state index in [1.165, 1.54) is 27.7 Å². The lowest BCUT2D eigenvalue weighted by molar-refractivity contribution is -0.438. The first-order valence-electron chi connectivity index (χ1n) is 32.1. The van der Waals surface area contributed by atoms with E-state index in [1.54, 1.807) is 0 Å². The van der Waals surface area contributed by atoms with E-state index in [-0.39, 0.29) is 63.1 Å². The number of benzene rings is 4. The van der Waals surface area contributed by atoms with Crippen molar-refractivity contribution in [2.24, 2.45) is 22.2 Å². The zero-order valence-electron chi connectivity index (χ0n) is 53.9. The number of carboxylic acid groups (broad SMARTS) is 2. The van der Waals surface area contributed by atoms with Gasteiger partial charge in [-0.1, -0.05) is 112 Å². The van der Waals surface area contributed by atoms with Crippen molar-refractivity contribution in [2.45, 2.75) is 153 Å². The minimum Gasteiger partial charge on any atom is -0.481 e. The number of carbonyl (C=O) groups excluding carboxylic acids is 6. The Balaban J connectivity index is 0.984. The maximum absolute atomic E-state index is 13.9. The minimum absolute atomic E-state index is 0.00423. The smallest absolute Gasteiger partial charge is 0.326 e. The number of allylic oxidation sites excluding steroid dienone is 8. The summed E-state index contributed by atoms with van der Waals surface area (Å²) in [6, 6.07) is 18.0. The molecule has 1 saturated heterocycles. The average Bonchev–Trinajstić information content (AvgIpc) is 1.60. The van der Waals surface area contributed by atoms with Gasteiger partial charge >= 0.3 is 11.9 Å². The number of carbonyl (C=O) groups is 8. The highest BCUT2D eigenvalue weighted by atomic mass is 16.4. The molecule has 3 aliphatic rings. The van der Waals surface area contributed by atoms with E-state index in [9.17, 15) is 53.7 Å². The van der Waals surface area contributed by atoms with E-state index >= 15 is 0 Å². The molecule has 2 unspecified atom stereocenters. The lowest BCUT2D eigenvalue weighted by Gasteiger charge is -2.29. The van der Waals surface area contributed by atoms with Crippen LogP contribution in [0.25, 0.3) is 21.5 Å². The van der Waals surface area contributed by atoms with Gasteiger partial charge in [0, 0.05) is 67.0 Å². The highest BCUT2D eigenvalue weighted by Gasteiger charge is 2.46. The highest BCUT2D eigenvalue weighted by Crippen LogP contribution is 2.51. The van der Waals surface area contributed by atoms with Gasteiger partial charge in [-0.3, -0.25) is 44.0 Å². The van der Waals surface area contributed by atoms with Gasteiger partial charge in [-0.25, -0.2) is 10.2 Å². The lowest BCUT2D eigenvalue weighted by atomic mass is 9.79. The highest BCUT2D eigenvalue weighted by molar-refractivity contribution is 6.08. The number of guanidine groups is 1. The predicted octanol–water partition coefficient (Wildman–Crippen LogP) is 4.59. The quantitative estimate of drug-likeness (QED) is 0.00760. The summed E-state index contributed by atoms with van der Waals surface area (Å²) in [5.41, 5.74) is 28.0. The number of nitrogens with zero attached hydrogens (tertiary/aromatic N) is 4. The van der Waals surface area contributed by atoms with Crippen LogP contribution in [0.5, 0.6) is 0 Å². The SMILES string of the molecule is CCCCC[N+]1=C(/C=C/C=C/C=C/C=C2/N(CCC(=O)NNCC(=O)NC(CCCN=C(N)N)C(=O)N[C@@H](CC(=O)O)C(=O)NC(CO)C(=O)N3CCC[C@H]3C(=O)N[C@@H](CCCCN)C(=O)O)c3ccc4ccccc4c3C2(C)C)C(C)(C)c2c1ccc1ccccc21. The van der Waals surface area contributed by atoms with Crippen LogP contribution >= 0.6 is 0 Å². The number of amides is 6. The van der Waals surface area contributed by atoms with Crippen LogP contribution in [-0.4, -0.2) is 160 Å². The second-order valence-corrected chi connectivity index (χ2v) is 24.7. The van der Waals surface area contributed by atoms with Crippen molar-refractivity contribution in [3.8, 4) is 0 Å². The molecule has 498 valence electrons. The summed E-state index contributed by atoms with van der Waals surface area (Å²) in [6.07, 6.45) is 18.4. The number of unbranched alkanes of at least 4 members (excludes halogenated alkanes) is 3. The summed E-state index contributed by atoms with van der Waals surface area (Å²) in [5, 5.41) is 44.2. The lowest BCUT2D eigenvalue weighted by Crippen LogP contribution is -2.60. The summed E-state index contributed by atoms with van der Waals surface area (Å²) in [5.74, 6) is -8.09. The monoisotopic (exact) mass is 1280 g/mol. The Labute approximate surface area is 542 Å². The first-order chi connectivity index (χ1) is 44.5. The van der Waals surface area contributed by atoms with Gasteiger partial charge in [0.25, 0.3) is 0 Å². The summed E-state index contributed by atoms with van der Waals surface area (Å²) >= 11 is 0. The fourth-order valence-electron chi connectivity index (χ4n) is 12.7. The van der Waals surface area contributed by atoms with Crippen LogP contribution in [0.2, 0.25) is 0 Å². The Bertz CT molecular complexity index is 3590. The van der Waals surface area contributed by atoms with Crippen molar-refractivity contribution in [3.05, 3.63) is 132 Å². The number of aliphatic hydroxyl groups excluding tert-OH is 1. The van der Waals surface area contributed by atoms with Crippen LogP contribution in [0.3, 0.4) is 0 Å². The second kappa shape index (κ2) is 33.4. The molecule has 3 heterocycles. The number of likely N-dealkylation sites (tertiary alicyclic amines) is 1. The van der Waals surface area contributed by atoms with Gasteiger partial charge in [-0.2, -0.15) is 4.58 Å². The Kier molecular flexibility index (Phi) is 25.5. The molecule has 0 radical (unpaired) electrons. The maximum atomic E-state index is 13.9. The van der Waals surface area contributed by atoms with Crippen molar-refractivity contribution in [2.75, 3.05) is 50.8 Å². The van der Waals surface area contributed by atoms with E-state index in [1.807, 2.05) is 36.4 Å². The Hall–Kier alpha value is -9.26. The average molecular weight is 1280 g/mol. The van der Waals surface area contributed by atoms with Crippen LogP contribution in [0.15, 0.2) is 126 Å². The molecule has 24 nitrogen and oxygen atoms in total. The molecule has 4 aromatic rings. The first kappa shape index (κ1) is 71.2. The van der Waals surface area contributed by atoms with Gasteiger partial charge < -0.3 is 63.6 Å². The number of hydrogen-bond acceptors (Lipinski definition) is 13. The normalized spacial score (nSPS) is 17.4. The third-order valence-electron chi connectivity index (χ3n) is 17.3. The fourth-order valence-corrected chi connectivity index (χ4v) is 12.7. The maximum Gasteiger partial charge on any atom is 0.326 e. The van der Waals surface area contributed by atoms with E-state index < -0.39 is 103 Å². The van der Waals surface area contributed by atoms with E-state index in [2.05, 4.69) is 160 Å². The molecule has 7 rings (SSSR count). The Morgan fingerprint density at radius 1 is 0.720 bits per heavy atom. The molecule has 24 heteroatoms. The second-order valence-electron chi connectivity index (χ2n) is 24.7. The standard InChI is InChI=1S/C69H91N13O11/c1-6-7-19-38-80-52-33-31-44-22-13-15-24-46(44)60(52)68(2,3)55(80)29-11-9-8-10-12-30-56-69(4,5)61-47-25-16-14-23-45(47)32-34-53(61)81(56)40-35-57(84)79-74-42-58(85)75-48(27-20-37-73-67(71)72)62(88)77-50(41-59(86)87)63(89)78-51(43-83)65(91)82-39-21-28-54(82)64(90)76-49(66(92)93)26-17-18-36-70/h8-16,22-25,29-34,48-51,54,74,83H,6-7,17-21,26-28,35-43,70H2,1-5H3,(H10-,71,72,73,75,76,77,78,79,84,85,86,87,88,89,90,92,93)/p+1/t48?,49-,50-,51?,54-/m0/s1. The largest absolute Gasteiger partial charge is 0.481 e. The van der Waals surface area contributed by atoms with Crippen molar-refractivity contribution in [1.82, 2.24) is 37.0 Å². The number of nitrogens with one attached hydrogen (secondary N) is 6. The number of nitrogens with two attached hydrogens (primary N) is 3. The Morgan fingerprint density at radius 2 is 1.38 bits per heavy atom. The summed E-state index contributed by atoms with van der Waals surface area (Å²) in [6.45, 7) is 11.2. The van der Waals surface area contributed by atoms with Crippen molar-refractivity contribution < 1.29 is 58.3 Å². The molecule has 0 saturated carbocycles. The predicted molar refractivity (Wildman–Crippen MR) is 359 cm³/mol. The van der Waals surface area contributed by atoms with E-state index in [0.717, 1.165) is 58.4 Å². The number of rotatable bonds is 34. The van der Waals surface area contributed by atoms with Crippen LogP contribution in [0.4, 0.5) is 11.4 Å².